The third-order valence-electron chi connectivity index (χ3n) is 6.63. The third kappa shape index (κ3) is 4.70. The van der Waals surface area contributed by atoms with Gasteiger partial charge in [0, 0.05) is 12.5 Å². The number of halogens is 1. The summed E-state index contributed by atoms with van der Waals surface area (Å²) in [6, 6.07) is 12.8. The van der Waals surface area contributed by atoms with Gasteiger partial charge >= 0.3 is 0 Å². The molecule has 1 unspecified atom stereocenters. The van der Waals surface area contributed by atoms with E-state index in [4.69, 9.17) is 4.98 Å². The van der Waals surface area contributed by atoms with E-state index in [0.29, 0.717) is 41.3 Å². The second-order valence-electron chi connectivity index (χ2n) is 9.37. The lowest BCUT2D eigenvalue weighted by molar-refractivity contribution is -0.141. The topological polar surface area (TPSA) is 55.2 Å². The highest BCUT2D eigenvalue weighted by atomic mass is 19.1. The fourth-order valence-corrected chi connectivity index (χ4v) is 4.46. The Kier molecular flexibility index (Phi) is 6.91. The van der Waals surface area contributed by atoms with E-state index >= 15 is 0 Å². The molecule has 6 heteroatoms. The first-order valence-electron chi connectivity index (χ1n) is 12.0. The first-order valence-corrected chi connectivity index (χ1v) is 12.0. The summed E-state index contributed by atoms with van der Waals surface area (Å²) in [4.78, 5) is 34.0. The van der Waals surface area contributed by atoms with Crippen LogP contribution in [0.3, 0.4) is 0 Å². The maximum absolute atomic E-state index is 13.7. The number of para-hydroxylation sites is 1. The Hall–Kier alpha value is -3.02. The molecule has 5 nitrogen and oxygen atoms in total. The molecule has 33 heavy (non-hydrogen) atoms. The van der Waals surface area contributed by atoms with Crippen LogP contribution in [0.1, 0.15) is 64.7 Å². The molecule has 1 saturated carbocycles. The van der Waals surface area contributed by atoms with Gasteiger partial charge in [0.05, 0.1) is 22.6 Å². The normalized spacial score (nSPS) is 14.9. The molecule has 0 spiro atoms. The van der Waals surface area contributed by atoms with E-state index < -0.39 is 0 Å². The molecular weight excluding hydrogens is 417 g/mol. The smallest absolute Gasteiger partial charge is 0.266 e. The number of carbonyl (C=O) groups is 1. The Morgan fingerprint density at radius 1 is 1.15 bits per heavy atom. The number of rotatable bonds is 8. The van der Waals surface area contributed by atoms with Gasteiger partial charge in [-0.3, -0.25) is 14.2 Å². The monoisotopic (exact) mass is 449 g/mol. The molecule has 0 saturated heterocycles. The Morgan fingerprint density at radius 2 is 1.85 bits per heavy atom. The van der Waals surface area contributed by atoms with Crippen molar-refractivity contribution in [2.45, 2.75) is 58.9 Å². The summed E-state index contributed by atoms with van der Waals surface area (Å²) in [5, 5.41) is 0.500. The summed E-state index contributed by atoms with van der Waals surface area (Å²) in [7, 11) is 0. The molecule has 0 aliphatic heterocycles. The Balaban J connectivity index is 1.90. The first kappa shape index (κ1) is 23.1. The van der Waals surface area contributed by atoms with E-state index in [1.54, 1.807) is 22.8 Å². The first-order chi connectivity index (χ1) is 15.9. The summed E-state index contributed by atoms with van der Waals surface area (Å²) in [6.45, 7) is 6.94. The second kappa shape index (κ2) is 9.86. The van der Waals surface area contributed by atoms with E-state index in [1.807, 2.05) is 30.0 Å². The van der Waals surface area contributed by atoms with Crippen molar-refractivity contribution in [3.8, 4) is 5.69 Å². The van der Waals surface area contributed by atoms with Gasteiger partial charge in [-0.2, -0.15) is 0 Å². The van der Waals surface area contributed by atoms with Crippen molar-refractivity contribution in [3.63, 3.8) is 0 Å². The average Bonchev–Trinajstić information content (AvgIpc) is 2.76. The molecule has 1 atom stereocenters. The van der Waals surface area contributed by atoms with Gasteiger partial charge in [-0.15, -0.1) is 0 Å². The van der Waals surface area contributed by atoms with Crippen LogP contribution in [-0.4, -0.2) is 26.9 Å². The highest BCUT2D eigenvalue weighted by molar-refractivity contribution is 5.81. The van der Waals surface area contributed by atoms with Crippen LogP contribution in [0.15, 0.2) is 53.3 Å². The highest BCUT2D eigenvalue weighted by Gasteiger charge is 2.35. The van der Waals surface area contributed by atoms with Gasteiger partial charge < -0.3 is 4.90 Å². The fraction of sp³-hybridized carbons (Fsp3) is 0.444. The molecule has 1 fully saturated rings. The van der Waals surface area contributed by atoms with Crippen molar-refractivity contribution < 1.29 is 9.18 Å². The van der Waals surface area contributed by atoms with Gasteiger partial charge in [0.1, 0.15) is 11.6 Å². The molecule has 4 rings (SSSR count). The van der Waals surface area contributed by atoms with Gasteiger partial charge in [-0.25, -0.2) is 9.37 Å². The summed E-state index contributed by atoms with van der Waals surface area (Å²) >= 11 is 0. The van der Waals surface area contributed by atoms with Crippen LogP contribution in [0, 0.1) is 17.7 Å². The molecule has 0 bridgehead atoms. The number of benzene rings is 2. The van der Waals surface area contributed by atoms with Crippen LogP contribution in [0.25, 0.3) is 16.6 Å². The predicted molar refractivity (Wildman–Crippen MR) is 129 cm³/mol. The number of fused-ring (bicyclic) bond motifs is 1. The number of carbonyl (C=O) groups excluding carboxylic acids is 1. The van der Waals surface area contributed by atoms with Gasteiger partial charge in [-0.05, 0) is 68.0 Å². The minimum atomic E-state index is -0.368. The molecule has 1 amide bonds. The van der Waals surface area contributed by atoms with E-state index in [9.17, 15) is 14.0 Å². The Labute approximate surface area is 194 Å². The minimum Gasteiger partial charge on any atom is -0.332 e. The summed E-state index contributed by atoms with van der Waals surface area (Å²) in [5.41, 5.74) is 0.947. The van der Waals surface area contributed by atoms with Gasteiger partial charge in [0.2, 0.25) is 5.91 Å². The number of aromatic nitrogens is 2. The second-order valence-corrected chi connectivity index (χ2v) is 9.37. The molecular formula is C27H32FN3O2. The zero-order valence-electron chi connectivity index (χ0n) is 19.6. The summed E-state index contributed by atoms with van der Waals surface area (Å²) in [6.07, 6.45) is 4.43. The maximum Gasteiger partial charge on any atom is 0.266 e. The van der Waals surface area contributed by atoms with Crippen LogP contribution in [0.5, 0.6) is 0 Å². The summed E-state index contributed by atoms with van der Waals surface area (Å²) < 4.78 is 15.2. The third-order valence-corrected chi connectivity index (χ3v) is 6.63. The number of hydrogen-bond donors (Lipinski definition) is 0. The van der Waals surface area contributed by atoms with E-state index in [0.717, 1.165) is 25.7 Å². The van der Waals surface area contributed by atoms with E-state index in [2.05, 4.69) is 13.8 Å². The van der Waals surface area contributed by atoms with Crippen LogP contribution >= 0.6 is 0 Å². The standard InChI is InChI=1S/C27H32FN3O2/c1-4-24(30(17-16-18(2)3)26(32)19-8-7-9-19)25-29-23-11-6-5-10-22(23)27(33)31(25)21-14-12-20(28)13-15-21/h5-6,10-15,18-19,24H,4,7-9,16-17H2,1-3H3. The predicted octanol–water partition coefficient (Wildman–Crippen LogP) is 5.65. The van der Waals surface area contributed by atoms with Gasteiger partial charge in [0.25, 0.3) is 5.56 Å². The molecule has 174 valence electrons. The molecule has 0 N–H and O–H groups in total. The maximum atomic E-state index is 13.7. The van der Waals surface area contributed by atoms with E-state index in [-0.39, 0.29) is 29.2 Å². The van der Waals surface area contributed by atoms with Crippen molar-refractivity contribution in [2.24, 2.45) is 11.8 Å². The quantitative estimate of drug-likeness (QED) is 0.446. The fourth-order valence-electron chi connectivity index (χ4n) is 4.46. The van der Waals surface area contributed by atoms with Gasteiger partial charge in [0.15, 0.2) is 0 Å². The number of nitrogens with zero attached hydrogens (tertiary/aromatic N) is 3. The Morgan fingerprint density at radius 3 is 2.45 bits per heavy atom. The van der Waals surface area contributed by atoms with Crippen molar-refractivity contribution in [2.75, 3.05) is 6.54 Å². The highest BCUT2D eigenvalue weighted by Crippen LogP contribution is 2.34. The number of hydrogen-bond acceptors (Lipinski definition) is 3. The average molecular weight is 450 g/mol. The molecule has 1 aliphatic rings. The van der Waals surface area contributed by atoms with Gasteiger partial charge in [-0.1, -0.05) is 39.3 Å². The van der Waals surface area contributed by atoms with Crippen LogP contribution < -0.4 is 5.56 Å². The lowest BCUT2D eigenvalue weighted by Crippen LogP contribution is -2.44. The van der Waals surface area contributed by atoms with Crippen LogP contribution in [0.2, 0.25) is 0 Å². The lowest BCUT2D eigenvalue weighted by atomic mass is 9.83. The van der Waals surface area contributed by atoms with Crippen LogP contribution in [-0.2, 0) is 4.79 Å². The lowest BCUT2D eigenvalue weighted by Gasteiger charge is -2.37. The summed E-state index contributed by atoms with van der Waals surface area (Å²) in [5.74, 6) is 0.819. The zero-order chi connectivity index (χ0) is 23.5. The van der Waals surface area contributed by atoms with Crippen LogP contribution in [0.4, 0.5) is 4.39 Å². The molecule has 1 aromatic heterocycles. The molecule has 3 aromatic rings. The minimum absolute atomic E-state index is 0.0534. The molecule has 1 heterocycles. The zero-order valence-corrected chi connectivity index (χ0v) is 19.6. The molecule has 0 radical (unpaired) electrons. The molecule has 1 aliphatic carbocycles. The van der Waals surface area contributed by atoms with Crippen molar-refractivity contribution in [1.82, 2.24) is 14.5 Å². The van der Waals surface area contributed by atoms with Crippen molar-refractivity contribution >= 4 is 16.8 Å². The van der Waals surface area contributed by atoms with E-state index in [1.165, 1.54) is 12.1 Å². The number of amides is 1. The van der Waals surface area contributed by atoms with Crippen molar-refractivity contribution in [1.29, 1.82) is 0 Å². The van der Waals surface area contributed by atoms with Crippen molar-refractivity contribution in [3.05, 3.63) is 70.5 Å². The largest absolute Gasteiger partial charge is 0.332 e. The Bertz CT molecular complexity index is 1180. The SMILES string of the molecule is CCC(c1nc2ccccc2c(=O)n1-c1ccc(F)cc1)N(CCC(C)C)C(=O)C1CCC1. The molecule has 2 aromatic carbocycles.